The predicted molar refractivity (Wildman–Crippen MR) is 117 cm³/mol. The maximum absolute atomic E-state index is 12.1. The van der Waals surface area contributed by atoms with E-state index in [-0.39, 0.29) is 32.7 Å². The molecule has 0 saturated carbocycles. The molecule has 0 aliphatic carbocycles. The van der Waals surface area contributed by atoms with Gasteiger partial charge in [0.1, 0.15) is 10.2 Å². The quantitative estimate of drug-likeness (QED) is 0.251. The minimum atomic E-state index is -0.542. The highest BCUT2D eigenvalue weighted by molar-refractivity contribution is 9.10. The third kappa shape index (κ3) is 2.59. The summed E-state index contributed by atoms with van der Waals surface area (Å²) in [5.41, 5.74) is 2.29. The number of H-pyrrole nitrogens is 3. The molecule has 5 aromatic heterocycles. The fourth-order valence-corrected chi connectivity index (χ4v) is 4.08. The van der Waals surface area contributed by atoms with Gasteiger partial charge < -0.3 is 0 Å². The molecule has 0 bridgehead atoms. The number of nitro groups is 1. The summed E-state index contributed by atoms with van der Waals surface area (Å²) in [5, 5.41) is 24.3. The van der Waals surface area contributed by atoms with E-state index < -0.39 is 4.92 Å². The molecule has 14 heteroatoms. The smallest absolute Gasteiger partial charge is 0.270 e. The summed E-state index contributed by atoms with van der Waals surface area (Å²) in [6, 6.07) is 0. The molecule has 0 atom stereocenters. The van der Waals surface area contributed by atoms with Crippen LogP contribution in [0.1, 0.15) is 17.0 Å². The number of aromatic nitrogens is 8. The summed E-state index contributed by atoms with van der Waals surface area (Å²) >= 11 is 3.18. The monoisotopic (exact) mass is 499 g/mol. The van der Waals surface area contributed by atoms with Crippen molar-refractivity contribution < 1.29 is 4.92 Å². The van der Waals surface area contributed by atoms with Gasteiger partial charge in [-0.2, -0.15) is 5.10 Å². The zero-order chi connectivity index (χ0) is 22.9. The number of halogens is 1. The SMILES string of the molecule is Cc1c(=O)[nH]n2c(C)c(-c3[nH]nc(-c4cnc5c(Br)c(=O)[nH]n5c4C)c3[N+](=O)[O-])cnc12. The first-order valence-corrected chi connectivity index (χ1v) is 10.1. The van der Waals surface area contributed by atoms with Gasteiger partial charge in [-0.3, -0.25) is 35.0 Å². The standard InChI is InChI=1S/C18H14BrN9O4/c1-6-15-20-4-9(7(2)26(15)24-17(6)29)12-14(28(31)32)13(23-22-12)10-5-21-16-11(19)18(30)25-27(16)8(10)3/h4-5H,1-3H3,(H,22,23)(H,24,29)(H,25,30). The molecule has 0 spiro atoms. The number of rotatable bonds is 3. The maximum Gasteiger partial charge on any atom is 0.322 e. The van der Waals surface area contributed by atoms with E-state index in [4.69, 9.17) is 0 Å². The topological polar surface area (TPSA) is 172 Å². The number of nitrogens with zero attached hydrogens (tertiary/aromatic N) is 6. The zero-order valence-electron chi connectivity index (χ0n) is 16.8. The molecular weight excluding hydrogens is 486 g/mol. The third-order valence-corrected chi connectivity index (χ3v) is 6.17. The molecule has 32 heavy (non-hydrogen) atoms. The molecule has 0 radical (unpaired) electrons. The Bertz CT molecular complexity index is 1580. The first-order chi connectivity index (χ1) is 15.2. The Balaban J connectivity index is 1.77. The Kier molecular flexibility index (Phi) is 4.17. The number of fused-ring (bicyclic) bond motifs is 2. The largest absolute Gasteiger partial charge is 0.322 e. The molecule has 13 nitrogen and oxygen atoms in total. The molecule has 0 fully saturated rings. The van der Waals surface area contributed by atoms with Gasteiger partial charge >= 0.3 is 5.69 Å². The van der Waals surface area contributed by atoms with Crippen molar-refractivity contribution in [2.45, 2.75) is 20.8 Å². The van der Waals surface area contributed by atoms with Gasteiger partial charge in [-0.15, -0.1) is 0 Å². The molecule has 5 aromatic rings. The van der Waals surface area contributed by atoms with Crippen LogP contribution in [0.15, 0.2) is 26.5 Å². The van der Waals surface area contributed by atoms with E-state index >= 15 is 0 Å². The van der Waals surface area contributed by atoms with E-state index in [2.05, 4.69) is 46.3 Å². The van der Waals surface area contributed by atoms with E-state index in [1.54, 1.807) is 20.8 Å². The number of nitrogens with one attached hydrogen (secondary N) is 3. The molecule has 0 aromatic carbocycles. The molecule has 3 N–H and O–H groups in total. The Hall–Kier alpha value is -4.07. The molecule has 0 amide bonds. The van der Waals surface area contributed by atoms with Crippen LogP contribution < -0.4 is 11.1 Å². The average molecular weight is 500 g/mol. The Morgan fingerprint density at radius 2 is 1.56 bits per heavy atom. The van der Waals surface area contributed by atoms with Crippen molar-refractivity contribution >= 4 is 32.9 Å². The summed E-state index contributed by atoms with van der Waals surface area (Å²) in [5.74, 6) is 0. The lowest BCUT2D eigenvalue weighted by atomic mass is 10.1. The highest BCUT2D eigenvalue weighted by Crippen LogP contribution is 2.38. The zero-order valence-corrected chi connectivity index (χ0v) is 18.4. The van der Waals surface area contributed by atoms with Gasteiger partial charge in [-0.05, 0) is 36.7 Å². The van der Waals surface area contributed by atoms with Crippen LogP contribution in [0.25, 0.3) is 33.8 Å². The first-order valence-electron chi connectivity index (χ1n) is 9.27. The molecular formula is C18H14BrN9O4. The van der Waals surface area contributed by atoms with Crippen molar-refractivity contribution in [3.8, 4) is 22.5 Å². The van der Waals surface area contributed by atoms with Crippen molar-refractivity contribution in [1.82, 2.24) is 39.4 Å². The van der Waals surface area contributed by atoms with Crippen LogP contribution in [0, 0.1) is 30.9 Å². The Morgan fingerprint density at radius 1 is 0.969 bits per heavy atom. The van der Waals surface area contributed by atoms with E-state index in [0.29, 0.717) is 39.4 Å². The maximum atomic E-state index is 12.1. The van der Waals surface area contributed by atoms with Gasteiger partial charge in [0.05, 0.1) is 21.9 Å². The Morgan fingerprint density at radius 3 is 2.28 bits per heavy atom. The molecule has 162 valence electrons. The van der Waals surface area contributed by atoms with Crippen LogP contribution in [0.3, 0.4) is 0 Å². The van der Waals surface area contributed by atoms with Crippen LogP contribution in [0.4, 0.5) is 5.69 Å². The molecule has 0 unspecified atom stereocenters. The minimum absolute atomic E-state index is 0.0549. The number of hydrogen-bond acceptors (Lipinski definition) is 7. The fraction of sp³-hybridized carbons (Fsp3) is 0.167. The van der Waals surface area contributed by atoms with Crippen LogP contribution in [-0.4, -0.2) is 44.3 Å². The van der Waals surface area contributed by atoms with Crippen molar-refractivity contribution in [2.75, 3.05) is 0 Å². The second-order valence-electron chi connectivity index (χ2n) is 7.21. The van der Waals surface area contributed by atoms with Gasteiger partial charge in [-0.1, -0.05) is 0 Å². The third-order valence-electron chi connectivity index (χ3n) is 5.45. The van der Waals surface area contributed by atoms with E-state index in [9.17, 15) is 19.7 Å². The lowest BCUT2D eigenvalue weighted by Gasteiger charge is -2.07. The van der Waals surface area contributed by atoms with Gasteiger partial charge in [-0.25, -0.2) is 19.0 Å². The summed E-state index contributed by atoms with van der Waals surface area (Å²) in [4.78, 5) is 44.0. The summed E-state index contributed by atoms with van der Waals surface area (Å²) in [6.07, 6.45) is 2.89. The average Bonchev–Trinajstić information content (AvgIpc) is 3.40. The number of hydrogen-bond donors (Lipinski definition) is 3. The van der Waals surface area contributed by atoms with Gasteiger partial charge in [0.15, 0.2) is 17.0 Å². The van der Waals surface area contributed by atoms with Gasteiger partial charge in [0.2, 0.25) is 0 Å². The van der Waals surface area contributed by atoms with E-state index in [0.717, 1.165) is 0 Å². The van der Waals surface area contributed by atoms with Crippen LogP contribution >= 0.6 is 15.9 Å². The number of aromatic amines is 3. The van der Waals surface area contributed by atoms with Crippen molar-refractivity contribution in [3.63, 3.8) is 0 Å². The Labute approximate surface area is 185 Å². The minimum Gasteiger partial charge on any atom is -0.270 e. The van der Waals surface area contributed by atoms with E-state index in [1.165, 1.54) is 21.4 Å². The molecule has 0 aliphatic heterocycles. The van der Waals surface area contributed by atoms with Crippen LogP contribution in [0.5, 0.6) is 0 Å². The highest BCUT2D eigenvalue weighted by atomic mass is 79.9. The van der Waals surface area contributed by atoms with Crippen molar-refractivity contribution in [2.24, 2.45) is 0 Å². The first kappa shape index (κ1) is 19.9. The van der Waals surface area contributed by atoms with E-state index in [1.807, 2.05) is 0 Å². The summed E-state index contributed by atoms with van der Waals surface area (Å²) < 4.78 is 3.18. The lowest BCUT2D eigenvalue weighted by molar-refractivity contribution is -0.383. The predicted octanol–water partition coefficient (Wildman–Crippen LogP) is 2.01. The molecule has 0 aliphatic rings. The van der Waals surface area contributed by atoms with Gasteiger partial charge in [0, 0.05) is 23.5 Å². The molecule has 5 rings (SSSR count). The number of aryl methyl sites for hydroxylation is 3. The summed E-state index contributed by atoms with van der Waals surface area (Å²) in [6.45, 7) is 5.05. The normalized spacial score (nSPS) is 11.6. The van der Waals surface area contributed by atoms with Crippen LogP contribution in [-0.2, 0) is 0 Å². The van der Waals surface area contributed by atoms with Gasteiger partial charge in [0.25, 0.3) is 11.1 Å². The second-order valence-corrected chi connectivity index (χ2v) is 8.00. The van der Waals surface area contributed by atoms with Crippen molar-refractivity contribution in [3.05, 3.63) is 64.6 Å². The lowest BCUT2D eigenvalue weighted by Crippen LogP contribution is -2.05. The summed E-state index contributed by atoms with van der Waals surface area (Å²) in [7, 11) is 0. The van der Waals surface area contributed by atoms with Crippen LogP contribution in [0.2, 0.25) is 0 Å². The molecule has 5 heterocycles. The fourth-order valence-electron chi connectivity index (χ4n) is 3.71. The second kappa shape index (κ2) is 6.71. The van der Waals surface area contributed by atoms with Crippen molar-refractivity contribution in [1.29, 1.82) is 0 Å². The molecule has 0 saturated heterocycles. The highest BCUT2D eigenvalue weighted by Gasteiger charge is 2.30.